The first-order valence-electron chi connectivity index (χ1n) is 8.35. The highest BCUT2D eigenvalue weighted by molar-refractivity contribution is 5.92. The molecule has 0 spiro atoms. The van der Waals surface area contributed by atoms with E-state index >= 15 is 0 Å². The number of carbonyl (C=O) groups is 3. The molecule has 0 fully saturated rings. The van der Waals surface area contributed by atoms with Crippen molar-refractivity contribution in [2.45, 2.75) is 19.8 Å². The molecule has 0 aliphatic heterocycles. The number of hydrogen-bond donors (Lipinski definition) is 2. The van der Waals surface area contributed by atoms with Gasteiger partial charge in [-0.25, -0.2) is 0 Å². The Morgan fingerprint density at radius 1 is 0.923 bits per heavy atom. The summed E-state index contributed by atoms with van der Waals surface area (Å²) in [4.78, 5) is 35.1. The van der Waals surface area contributed by atoms with E-state index in [0.717, 1.165) is 11.1 Å². The molecule has 0 aliphatic rings. The van der Waals surface area contributed by atoms with E-state index in [1.54, 1.807) is 12.1 Å². The number of aryl methyl sites for hydroxylation is 1. The minimum Gasteiger partial charge on any atom is -0.456 e. The highest BCUT2D eigenvalue weighted by atomic mass is 16.5. The highest BCUT2D eigenvalue weighted by Crippen LogP contribution is 2.08. The molecule has 26 heavy (non-hydrogen) atoms. The van der Waals surface area contributed by atoms with E-state index in [0.29, 0.717) is 5.69 Å². The maximum atomic E-state index is 11.8. The fourth-order valence-electron chi connectivity index (χ4n) is 2.20. The number of amides is 2. The normalized spacial score (nSPS) is 10.0. The Hall–Kier alpha value is -3.15. The number of rotatable bonds is 8. The Bertz CT molecular complexity index is 742. The Kier molecular flexibility index (Phi) is 7.36. The van der Waals surface area contributed by atoms with Crippen LogP contribution in [0.5, 0.6) is 0 Å². The number of hydrogen-bond acceptors (Lipinski definition) is 4. The molecule has 2 N–H and O–H groups in total. The molecule has 0 aromatic heterocycles. The minimum atomic E-state index is -0.538. The summed E-state index contributed by atoms with van der Waals surface area (Å²) in [5, 5.41) is 5.29. The lowest BCUT2D eigenvalue weighted by atomic mass is 10.1. The van der Waals surface area contributed by atoms with E-state index in [9.17, 15) is 14.4 Å². The molecule has 0 aliphatic carbocycles. The quantitative estimate of drug-likeness (QED) is 0.712. The average molecular weight is 354 g/mol. The van der Waals surface area contributed by atoms with Crippen LogP contribution in [-0.2, 0) is 25.5 Å². The molecule has 0 atom stereocenters. The molecular formula is C20H22N2O4. The van der Waals surface area contributed by atoms with Crippen LogP contribution in [0.3, 0.4) is 0 Å². The van der Waals surface area contributed by atoms with Gasteiger partial charge in [0.25, 0.3) is 5.91 Å². The smallest absolute Gasteiger partial charge is 0.308 e. The molecule has 0 heterocycles. The van der Waals surface area contributed by atoms with Crippen LogP contribution >= 0.6 is 0 Å². The Balaban J connectivity index is 1.60. The van der Waals surface area contributed by atoms with Gasteiger partial charge in [-0.1, -0.05) is 48.0 Å². The third-order valence-electron chi connectivity index (χ3n) is 3.56. The standard InChI is InChI=1S/C20H22N2O4/c1-15-7-9-17(10-8-15)22-19(24)14-26-20(25)11-12-21-18(23)13-16-5-3-2-4-6-16/h2-10H,11-14H2,1H3,(H,21,23)(H,22,24). The Morgan fingerprint density at radius 2 is 1.62 bits per heavy atom. The van der Waals surface area contributed by atoms with Crippen molar-refractivity contribution in [3.63, 3.8) is 0 Å². The van der Waals surface area contributed by atoms with Gasteiger partial charge < -0.3 is 15.4 Å². The maximum absolute atomic E-state index is 11.8. The number of esters is 1. The van der Waals surface area contributed by atoms with Gasteiger partial charge in [0.2, 0.25) is 5.91 Å². The Morgan fingerprint density at radius 3 is 2.31 bits per heavy atom. The van der Waals surface area contributed by atoms with Gasteiger partial charge in [-0.2, -0.15) is 0 Å². The van der Waals surface area contributed by atoms with Crippen LogP contribution in [0.1, 0.15) is 17.5 Å². The van der Waals surface area contributed by atoms with Crippen LogP contribution in [0, 0.1) is 6.92 Å². The fraction of sp³-hybridized carbons (Fsp3) is 0.250. The topological polar surface area (TPSA) is 84.5 Å². The second-order valence-electron chi connectivity index (χ2n) is 5.84. The molecule has 0 unspecified atom stereocenters. The van der Waals surface area contributed by atoms with Crippen LogP contribution in [-0.4, -0.2) is 30.9 Å². The van der Waals surface area contributed by atoms with E-state index in [1.165, 1.54) is 0 Å². The lowest BCUT2D eigenvalue weighted by Crippen LogP contribution is -2.28. The molecule has 6 heteroatoms. The predicted molar refractivity (Wildman–Crippen MR) is 98.5 cm³/mol. The zero-order chi connectivity index (χ0) is 18.8. The van der Waals surface area contributed by atoms with Crippen molar-refractivity contribution in [2.75, 3.05) is 18.5 Å². The summed E-state index contributed by atoms with van der Waals surface area (Å²) in [6.45, 7) is 1.76. The number of nitrogens with one attached hydrogen (secondary N) is 2. The lowest BCUT2D eigenvalue weighted by molar-refractivity contribution is -0.147. The largest absolute Gasteiger partial charge is 0.456 e. The Labute approximate surface area is 152 Å². The number of anilines is 1. The molecule has 2 aromatic carbocycles. The average Bonchev–Trinajstić information content (AvgIpc) is 2.63. The fourth-order valence-corrected chi connectivity index (χ4v) is 2.20. The molecular weight excluding hydrogens is 332 g/mol. The van der Waals surface area contributed by atoms with E-state index < -0.39 is 11.9 Å². The molecule has 0 saturated carbocycles. The summed E-state index contributed by atoms with van der Waals surface area (Å²) < 4.78 is 4.90. The zero-order valence-electron chi connectivity index (χ0n) is 14.7. The van der Waals surface area contributed by atoms with Gasteiger partial charge in [-0.15, -0.1) is 0 Å². The monoisotopic (exact) mass is 354 g/mol. The molecule has 2 amide bonds. The van der Waals surface area contributed by atoms with Crippen molar-refractivity contribution in [1.82, 2.24) is 5.32 Å². The van der Waals surface area contributed by atoms with Gasteiger partial charge in [0, 0.05) is 12.2 Å². The van der Waals surface area contributed by atoms with Crippen molar-refractivity contribution >= 4 is 23.5 Å². The van der Waals surface area contributed by atoms with Crippen LogP contribution in [0.15, 0.2) is 54.6 Å². The minimum absolute atomic E-state index is 0.0122. The van der Waals surface area contributed by atoms with Crippen molar-refractivity contribution in [3.05, 3.63) is 65.7 Å². The first kappa shape index (κ1) is 19.2. The third-order valence-corrected chi connectivity index (χ3v) is 3.56. The molecule has 6 nitrogen and oxygen atoms in total. The van der Waals surface area contributed by atoms with E-state index in [4.69, 9.17) is 4.74 Å². The van der Waals surface area contributed by atoms with Crippen LogP contribution in [0.4, 0.5) is 5.69 Å². The van der Waals surface area contributed by atoms with Crippen LogP contribution < -0.4 is 10.6 Å². The summed E-state index contributed by atoms with van der Waals surface area (Å²) in [6, 6.07) is 16.6. The van der Waals surface area contributed by atoms with Gasteiger partial charge in [-0.3, -0.25) is 14.4 Å². The van der Waals surface area contributed by atoms with E-state index in [2.05, 4.69) is 10.6 Å². The first-order valence-corrected chi connectivity index (χ1v) is 8.35. The predicted octanol–water partition coefficient (Wildman–Crippen LogP) is 2.23. The van der Waals surface area contributed by atoms with Crippen molar-refractivity contribution in [1.29, 1.82) is 0 Å². The van der Waals surface area contributed by atoms with E-state index in [1.807, 2.05) is 49.4 Å². The van der Waals surface area contributed by atoms with Crippen LogP contribution in [0.25, 0.3) is 0 Å². The molecule has 0 bridgehead atoms. The summed E-state index contributed by atoms with van der Waals surface area (Å²) in [7, 11) is 0. The van der Waals surface area contributed by atoms with Gasteiger partial charge in [0.15, 0.2) is 6.61 Å². The van der Waals surface area contributed by atoms with Crippen LogP contribution in [0.2, 0.25) is 0 Å². The molecule has 0 saturated heterocycles. The first-order chi connectivity index (χ1) is 12.5. The maximum Gasteiger partial charge on any atom is 0.308 e. The lowest BCUT2D eigenvalue weighted by Gasteiger charge is -2.08. The number of carbonyl (C=O) groups excluding carboxylic acids is 3. The van der Waals surface area contributed by atoms with Crippen molar-refractivity contribution in [3.8, 4) is 0 Å². The number of ether oxygens (including phenoxy) is 1. The van der Waals surface area contributed by atoms with Crippen molar-refractivity contribution < 1.29 is 19.1 Å². The number of benzene rings is 2. The second kappa shape index (κ2) is 9.98. The summed E-state index contributed by atoms with van der Waals surface area (Å²) in [5.74, 6) is -1.11. The molecule has 0 radical (unpaired) electrons. The highest BCUT2D eigenvalue weighted by Gasteiger charge is 2.09. The zero-order valence-corrected chi connectivity index (χ0v) is 14.7. The summed E-state index contributed by atoms with van der Waals surface area (Å²) >= 11 is 0. The molecule has 136 valence electrons. The molecule has 2 rings (SSSR count). The van der Waals surface area contributed by atoms with Crippen molar-refractivity contribution in [2.24, 2.45) is 0 Å². The third kappa shape index (κ3) is 7.17. The second-order valence-corrected chi connectivity index (χ2v) is 5.84. The SMILES string of the molecule is Cc1ccc(NC(=O)COC(=O)CCNC(=O)Cc2ccccc2)cc1. The van der Waals surface area contributed by atoms with Gasteiger partial charge in [0.05, 0.1) is 12.8 Å². The summed E-state index contributed by atoms with van der Waals surface area (Å²) in [5.41, 5.74) is 2.63. The molecule has 2 aromatic rings. The van der Waals surface area contributed by atoms with Gasteiger partial charge in [0.1, 0.15) is 0 Å². The van der Waals surface area contributed by atoms with Gasteiger partial charge in [-0.05, 0) is 24.6 Å². The van der Waals surface area contributed by atoms with E-state index in [-0.39, 0.29) is 31.9 Å². The summed E-state index contributed by atoms with van der Waals surface area (Å²) in [6.07, 6.45) is 0.271. The van der Waals surface area contributed by atoms with Gasteiger partial charge >= 0.3 is 5.97 Å².